The third-order valence-corrected chi connectivity index (χ3v) is 7.01. The van der Waals surface area contributed by atoms with Gasteiger partial charge in [0.25, 0.3) is 0 Å². The Hall–Kier alpha value is -3.16. The van der Waals surface area contributed by atoms with Crippen LogP contribution in [0.15, 0.2) is 48.7 Å². The van der Waals surface area contributed by atoms with E-state index in [1.807, 2.05) is 0 Å². The normalized spacial score (nSPS) is 15.3. The Bertz CT molecular complexity index is 1290. The molecule has 0 saturated carbocycles. The highest BCUT2D eigenvalue weighted by Crippen LogP contribution is 2.30. The molecule has 2 aromatic carbocycles. The summed E-state index contributed by atoms with van der Waals surface area (Å²) in [6, 6.07) is 15.2. The minimum Gasteiger partial charge on any atom is -0.367 e. The van der Waals surface area contributed by atoms with Crippen LogP contribution in [-0.2, 0) is 18.5 Å². The molecule has 7 heteroatoms. The second-order valence-corrected chi connectivity index (χ2v) is 10.6. The number of nitrogens with two attached hydrogens (primary N) is 1. The Morgan fingerprint density at radius 2 is 1.71 bits per heavy atom. The van der Waals surface area contributed by atoms with Gasteiger partial charge in [0, 0.05) is 57.6 Å². The fourth-order valence-corrected chi connectivity index (χ4v) is 4.93. The molecule has 0 spiro atoms. The molecule has 7 nitrogen and oxygen atoms in total. The average Bonchev–Trinajstić information content (AvgIpc) is 3.42. The lowest BCUT2D eigenvalue weighted by Crippen LogP contribution is -2.46. The van der Waals surface area contributed by atoms with Gasteiger partial charge in [-0.3, -0.25) is 4.90 Å². The number of para-hydroxylation sites is 1. The Labute approximate surface area is 208 Å². The molecule has 0 aliphatic carbocycles. The van der Waals surface area contributed by atoms with Crippen LogP contribution in [-0.4, -0.2) is 57.1 Å². The Balaban J connectivity index is 1.29. The van der Waals surface area contributed by atoms with E-state index in [0.717, 1.165) is 73.2 Å². The lowest BCUT2D eigenvalue weighted by Gasteiger charge is -2.35. The molecule has 0 atom stereocenters. The van der Waals surface area contributed by atoms with Crippen molar-refractivity contribution in [2.24, 2.45) is 5.73 Å². The van der Waals surface area contributed by atoms with Gasteiger partial charge in [0.1, 0.15) is 17.2 Å². The van der Waals surface area contributed by atoms with Crippen LogP contribution in [0.4, 0.5) is 5.69 Å². The molecule has 1 saturated heterocycles. The van der Waals surface area contributed by atoms with Gasteiger partial charge in [0.2, 0.25) is 0 Å². The first kappa shape index (κ1) is 23.6. The molecular formula is C28H37N7. The minimum absolute atomic E-state index is 0.144. The highest BCUT2D eigenvalue weighted by atomic mass is 15.3. The molecule has 3 heterocycles. The summed E-state index contributed by atoms with van der Waals surface area (Å²) < 4.78 is 2.15. The van der Waals surface area contributed by atoms with Crippen LogP contribution in [0.3, 0.4) is 0 Å². The molecule has 184 valence electrons. The summed E-state index contributed by atoms with van der Waals surface area (Å²) in [4.78, 5) is 18.3. The maximum absolute atomic E-state index is 5.72. The molecule has 0 bridgehead atoms. The van der Waals surface area contributed by atoms with E-state index < -0.39 is 0 Å². The van der Waals surface area contributed by atoms with Gasteiger partial charge < -0.3 is 20.2 Å². The maximum Gasteiger partial charge on any atom is 0.138 e. The van der Waals surface area contributed by atoms with Crippen molar-refractivity contribution in [2.75, 3.05) is 37.6 Å². The number of aromatic amines is 1. The van der Waals surface area contributed by atoms with Crippen molar-refractivity contribution < 1.29 is 0 Å². The molecule has 3 N–H and O–H groups in total. The molecule has 5 rings (SSSR count). The average molecular weight is 472 g/mol. The van der Waals surface area contributed by atoms with Crippen LogP contribution in [0.1, 0.15) is 37.9 Å². The smallest absolute Gasteiger partial charge is 0.138 e. The SMILES string of the molecule is Cc1nc(CN2CCN(c3cccc4[nH]c(-c5ccc(C(C)(C)C)cc5)nc34)CC2)cn1CCN. The molecule has 0 unspecified atom stereocenters. The number of hydrogen-bond donors (Lipinski definition) is 2. The van der Waals surface area contributed by atoms with Gasteiger partial charge in [-0.2, -0.15) is 0 Å². The number of fused-ring (bicyclic) bond motifs is 1. The number of rotatable bonds is 6. The Kier molecular flexibility index (Phi) is 6.38. The van der Waals surface area contributed by atoms with Crippen molar-refractivity contribution in [2.45, 2.75) is 46.2 Å². The number of piperazine rings is 1. The zero-order valence-electron chi connectivity index (χ0n) is 21.4. The number of benzene rings is 2. The number of imidazole rings is 2. The van der Waals surface area contributed by atoms with Gasteiger partial charge >= 0.3 is 0 Å². The maximum atomic E-state index is 5.72. The van der Waals surface area contributed by atoms with Crippen molar-refractivity contribution in [1.82, 2.24) is 24.4 Å². The molecule has 1 aliphatic heterocycles. The predicted octanol–water partition coefficient (Wildman–Crippen LogP) is 4.31. The summed E-state index contributed by atoms with van der Waals surface area (Å²) in [5.41, 5.74) is 12.8. The third kappa shape index (κ3) is 4.97. The molecule has 1 aliphatic rings. The first-order valence-electron chi connectivity index (χ1n) is 12.6. The fraction of sp³-hybridized carbons (Fsp3) is 0.429. The quantitative estimate of drug-likeness (QED) is 0.438. The van der Waals surface area contributed by atoms with Gasteiger partial charge in [-0.05, 0) is 30.0 Å². The number of aryl methyl sites for hydroxylation is 1. The van der Waals surface area contributed by atoms with E-state index in [1.165, 1.54) is 11.3 Å². The molecular weight excluding hydrogens is 434 g/mol. The van der Waals surface area contributed by atoms with Crippen molar-refractivity contribution in [3.05, 3.63) is 65.7 Å². The lowest BCUT2D eigenvalue weighted by atomic mass is 9.87. The highest BCUT2D eigenvalue weighted by Gasteiger charge is 2.21. The minimum atomic E-state index is 0.144. The third-order valence-electron chi connectivity index (χ3n) is 7.01. The van der Waals surface area contributed by atoms with Gasteiger partial charge in [-0.1, -0.05) is 51.1 Å². The van der Waals surface area contributed by atoms with E-state index >= 15 is 0 Å². The van der Waals surface area contributed by atoms with E-state index in [-0.39, 0.29) is 5.41 Å². The van der Waals surface area contributed by atoms with Crippen molar-refractivity contribution in [1.29, 1.82) is 0 Å². The second-order valence-electron chi connectivity index (χ2n) is 10.6. The number of anilines is 1. The molecule has 0 radical (unpaired) electrons. The van der Waals surface area contributed by atoms with Crippen molar-refractivity contribution in [3.63, 3.8) is 0 Å². The van der Waals surface area contributed by atoms with Crippen molar-refractivity contribution in [3.8, 4) is 11.4 Å². The Morgan fingerprint density at radius 3 is 2.40 bits per heavy atom. The van der Waals surface area contributed by atoms with Gasteiger partial charge in [0.15, 0.2) is 0 Å². The summed E-state index contributed by atoms with van der Waals surface area (Å²) in [6.07, 6.45) is 2.15. The summed E-state index contributed by atoms with van der Waals surface area (Å²) in [7, 11) is 0. The van der Waals surface area contributed by atoms with E-state index in [1.54, 1.807) is 0 Å². The number of nitrogens with zero attached hydrogens (tertiary/aromatic N) is 5. The number of nitrogens with one attached hydrogen (secondary N) is 1. The first-order chi connectivity index (χ1) is 16.8. The van der Waals surface area contributed by atoms with E-state index in [4.69, 9.17) is 15.7 Å². The van der Waals surface area contributed by atoms with Gasteiger partial charge in [-0.15, -0.1) is 0 Å². The molecule has 35 heavy (non-hydrogen) atoms. The van der Waals surface area contributed by atoms with E-state index in [2.05, 4.69) is 95.7 Å². The lowest BCUT2D eigenvalue weighted by molar-refractivity contribution is 0.247. The van der Waals surface area contributed by atoms with Crippen LogP contribution < -0.4 is 10.6 Å². The monoisotopic (exact) mass is 471 g/mol. The summed E-state index contributed by atoms with van der Waals surface area (Å²) >= 11 is 0. The molecule has 4 aromatic rings. The zero-order chi connectivity index (χ0) is 24.6. The zero-order valence-corrected chi connectivity index (χ0v) is 21.4. The molecule has 1 fully saturated rings. The second kappa shape index (κ2) is 9.47. The number of aromatic nitrogens is 4. The summed E-state index contributed by atoms with van der Waals surface area (Å²) in [5.74, 6) is 1.97. The predicted molar refractivity (Wildman–Crippen MR) is 144 cm³/mol. The van der Waals surface area contributed by atoms with Gasteiger partial charge in [0.05, 0.1) is 16.9 Å². The van der Waals surface area contributed by atoms with Crippen LogP contribution in [0.5, 0.6) is 0 Å². The standard InChI is InChI=1S/C28H37N7/c1-20-30-23(19-35(20)13-12-29)18-33-14-16-34(17-15-33)25-7-5-6-24-26(25)32-27(31-24)21-8-10-22(11-9-21)28(2,3)4/h5-11,19H,12-18,29H2,1-4H3,(H,31,32). The highest BCUT2D eigenvalue weighted by molar-refractivity contribution is 5.91. The summed E-state index contributed by atoms with van der Waals surface area (Å²) in [5, 5.41) is 0. The first-order valence-corrected chi connectivity index (χ1v) is 12.6. The van der Waals surface area contributed by atoms with Crippen molar-refractivity contribution >= 4 is 16.7 Å². The van der Waals surface area contributed by atoms with E-state index in [0.29, 0.717) is 6.54 Å². The molecule has 2 aromatic heterocycles. The van der Waals surface area contributed by atoms with E-state index in [9.17, 15) is 0 Å². The number of hydrogen-bond acceptors (Lipinski definition) is 5. The van der Waals surface area contributed by atoms with Crippen LogP contribution in [0, 0.1) is 6.92 Å². The van der Waals surface area contributed by atoms with Crippen LogP contribution in [0.2, 0.25) is 0 Å². The fourth-order valence-electron chi connectivity index (χ4n) is 4.93. The van der Waals surface area contributed by atoms with Gasteiger partial charge in [-0.25, -0.2) is 9.97 Å². The Morgan fingerprint density at radius 1 is 0.971 bits per heavy atom. The largest absolute Gasteiger partial charge is 0.367 e. The summed E-state index contributed by atoms with van der Waals surface area (Å²) in [6.45, 7) is 15.1. The van der Waals surface area contributed by atoms with Crippen LogP contribution >= 0.6 is 0 Å². The van der Waals surface area contributed by atoms with Crippen LogP contribution in [0.25, 0.3) is 22.4 Å². The number of H-pyrrole nitrogens is 1. The molecule has 0 amide bonds. The topological polar surface area (TPSA) is 79.0 Å².